The molecule has 94 valence electrons. The van der Waals surface area contributed by atoms with Gasteiger partial charge < -0.3 is 15.3 Å². The Morgan fingerprint density at radius 3 is 2.60 bits per heavy atom. The van der Waals surface area contributed by atoms with E-state index in [2.05, 4.69) is 17.1 Å². The molecule has 0 aromatic rings. The molecule has 15 heavy (non-hydrogen) atoms. The van der Waals surface area contributed by atoms with Gasteiger partial charge in [0.2, 0.25) is 0 Å². The fourth-order valence-corrected chi connectivity index (χ4v) is 1.96. The Morgan fingerprint density at radius 1 is 1.40 bits per heavy atom. The van der Waals surface area contributed by atoms with E-state index in [9.17, 15) is 0 Å². The van der Waals surface area contributed by atoms with Crippen molar-refractivity contribution in [3.63, 3.8) is 0 Å². The summed E-state index contributed by atoms with van der Waals surface area (Å²) in [5, 5.41) is 12.3. The van der Waals surface area contributed by atoms with Crippen molar-refractivity contribution in [2.45, 2.75) is 19.8 Å². The Hall–Kier alpha value is 0.460. The third-order valence-corrected chi connectivity index (χ3v) is 2.78. The van der Waals surface area contributed by atoms with Crippen LogP contribution in [0.2, 0.25) is 0 Å². The first-order chi connectivity index (χ1) is 6.36. The molecule has 0 aliphatic carbocycles. The van der Waals surface area contributed by atoms with Crippen LogP contribution >= 0.6 is 24.8 Å². The SMILES string of the molecule is CCN(CCO)CC1CCCNC1.Cl.Cl. The van der Waals surface area contributed by atoms with Crippen LogP contribution in [0.4, 0.5) is 0 Å². The molecule has 1 atom stereocenters. The van der Waals surface area contributed by atoms with E-state index in [0.717, 1.165) is 32.1 Å². The quantitative estimate of drug-likeness (QED) is 0.777. The van der Waals surface area contributed by atoms with Gasteiger partial charge in [0.15, 0.2) is 0 Å². The molecule has 0 bridgehead atoms. The minimum atomic E-state index is 0. The number of likely N-dealkylation sites (N-methyl/N-ethyl adjacent to an activating group) is 1. The maximum absolute atomic E-state index is 8.84. The molecule has 0 amide bonds. The molecule has 1 rings (SSSR count). The number of hydrogen-bond donors (Lipinski definition) is 2. The van der Waals surface area contributed by atoms with Gasteiger partial charge in [0.25, 0.3) is 0 Å². The molecule has 2 N–H and O–H groups in total. The Morgan fingerprint density at radius 2 is 2.13 bits per heavy atom. The average Bonchev–Trinajstić information content (AvgIpc) is 2.19. The normalized spacial score (nSPS) is 20.6. The minimum absolute atomic E-state index is 0. The highest BCUT2D eigenvalue weighted by molar-refractivity contribution is 5.85. The summed E-state index contributed by atoms with van der Waals surface area (Å²) in [6.45, 7) is 7.80. The van der Waals surface area contributed by atoms with Gasteiger partial charge in [-0.2, -0.15) is 0 Å². The van der Waals surface area contributed by atoms with Gasteiger partial charge in [-0.1, -0.05) is 6.92 Å². The van der Waals surface area contributed by atoms with Crippen molar-refractivity contribution in [1.29, 1.82) is 0 Å². The third-order valence-electron chi connectivity index (χ3n) is 2.78. The summed E-state index contributed by atoms with van der Waals surface area (Å²) in [7, 11) is 0. The largest absolute Gasteiger partial charge is 0.395 e. The molecule has 1 saturated heterocycles. The predicted octanol–water partition coefficient (Wildman–Crippen LogP) is 1.14. The lowest BCUT2D eigenvalue weighted by molar-refractivity contribution is 0.170. The fourth-order valence-electron chi connectivity index (χ4n) is 1.96. The average molecular weight is 259 g/mol. The number of nitrogens with zero attached hydrogens (tertiary/aromatic N) is 1. The number of aliphatic hydroxyl groups is 1. The predicted molar refractivity (Wildman–Crippen MR) is 69.3 cm³/mol. The van der Waals surface area contributed by atoms with Crippen LogP contribution in [0.3, 0.4) is 0 Å². The molecule has 1 aliphatic heterocycles. The van der Waals surface area contributed by atoms with Gasteiger partial charge in [-0.05, 0) is 38.4 Å². The standard InChI is InChI=1S/C10H22N2O.2ClH/c1-2-12(6-7-13)9-10-4-3-5-11-8-10;;/h10-11,13H,2-9H2,1H3;2*1H. The van der Waals surface area contributed by atoms with Crippen LogP contribution in [0.1, 0.15) is 19.8 Å². The van der Waals surface area contributed by atoms with Crippen molar-refractivity contribution in [3.8, 4) is 0 Å². The van der Waals surface area contributed by atoms with E-state index in [-0.39, 0.29) is 31.4 Å². The second kappa shape index (κ2) is 11.0. The molecule has 1 fully saturated rings. The highest BCUT2D eigenvalue weighted by Gasteiger charge is 2.15. The number of nitrogens with one attached hydrogen (secondary N) is 1. The zero-order valence-electron chi connectivity index (χ0n) is 9.45. The van der Waals surface area contributed by atoms with E-state index in [1.807, 2.05) is 0 Å². The van der Waals surface area contributed by atoms with Gasteiger partial charge in [-0.15, -0.1) is 24.8 Å². The number of piperidine rings is 1. The summed E-state index contributed by atoms with van der Waals surface area (Å²) in [5.74, 6) is 0.792. The van der Waals surface area contributed by atoms with E-state index in [1.54, 1.807) is 0 Å². The summed E-state index contributed by atoms with van der Waals surface area (Å²) in [6.07, 6.45) is 2.65. The van der Waals surface area contributed by atoms with E-state index in [4.69, 9.17) is 5.11 Å². The first kappa shape index (κ1) is 17.8. The molecule has 3 nitrogen and oxygen atoms in total. The van der Waals surface area contributed by atoms with Crippen molar-refractivity contribution in [2.75, 3.05) is 39.3 Å². The Kier molecular flexibility index (Phi) is 13.0. The Labute approximate surface area is 105 Å². The maximum atomic E-state index is 8.84. The van der Waals surface area contributed by atoms with Crippen molar-refractivity contribution < 1.29 is 5.11 Å². The van der Waals surface area contributed by atoms with Crippen LogP contribution in [0, 0.1) is 5.92 Å². The van der Waals surface area contributed by atoms with Crippen molar-refractivity contribution in [1.82, 2.24) is 10.2 Å². The molecule has 1 aliphatic rings. The van der Waals surface area contributed by atoms with Crippen molar-refractivity contribution >= 4 is 24.8 Å². The molecule has 0 aromatic carbocycles. The summed E-state index contributed by atoms with van der Waals surface area (Å²) in [4.78, 5) is 2.33. The topological polar surface area (TPSA) is 35.5 Å². The lowest BCUT2D eigenvalue weighted by Gasteiger charge is -2.28. The Balaban J connectivity index is 0. The van der Waals surface area contributed by atoms with Crippen molar-refractivity contribution in [2.24, 2.45) is 5.92 Å². The third kappa shape index (κ3) is 7.36. The molecule has 0 saturated carbocycles. The molecule has 5 heteroatoms. The second-order valence-corrected chi connectivity index (χ2v) is 3.83. The summed E-state index contributed by atoms with van der Waals surface area (Å²) in [5.41, 5.74) is 0. The van der Waals surface area contributed by atoms with E-state index in [1.165, 1.54) is 19.4 Å². The lowest BCUT2D eigenvalue weighted by atomic mass is 9.99. The van der Waals surface area contributed by atoms with E-state index < -0.39 is 0 Å². The molecular weight excluding hydrogens is 235 g/mol. The summed E-state index contributed by atoms with van der Waals surface area (Å²) in [6, 6.07) is 0. The number of halogens is 2. The molecule has 0 radical (unpaired) electrons. The van der Waals surface area contributed by atoms with Gasteiger partial charge >= 0.3 is 0 Å². The smallest absolute Gasteiger partial charge is 0.0558 e. The minimum Gasteiger partial charge on any atom is -0.395 e. The zero-order chi connectivity index (χ0) is 9.52. The fraction of sp³-hybridized carbons (Fsp3) is 1.00. The second-order valence-electron chi connectivity index (χ2n) is 3.83. The van der Waals surface area contributed by atoms with Crippen LogP contribution in [0.5, 0.6) is 0 Å². The van der Waals surface area contributed by atoms with Gasteiger partial charge in [0.1, 0.15) is 0 Å². The first-order valence-corrected chi connectivity index (χ1v) is 5.40. The molecule has 0 aromatic heterocycles. The van der Waals surface area contributed by atoms with Crippen LogP contribution in [-0.2, 0) is 0 Å². The van der Waals surface area contributed by atoms with Gasteiger partial charge in [-0.3, -0.25) is 0 Å². The highest BCUT2D eigenvalue weighted by Crippen LogP contribution is 2.11. The van der Waals surface area contributed by atoms with Crippen LogP contribution < -0.4 is 5.32 Å². The maximum Gasteiger partial charge on any atom is 0.0558 e. The monoisotopic (exact) mass is 258 g/mol. The summed E-state index contributed by atoms with van der Waals surface area (Å²) >= 11 is 0. The van der Waals surface area contributed by atoms with Crippen LogP contribution in [0.15, 0.2) is 0 Å². The lowest BCUT2D eigenvalue weighted by Crippen LogP contribution is -2.39. The number of rotatable bonds is 5. The van der Waals surface area contributed by atoms with Gasteiger partial charge in [0.05, 0.1) is 6.61 Å². The van der Waals surface area contributed by atoms with E-state index >= 15 is 0 Å². The van der Waals surface area contributed by atoms with Crippen LogP contribution in [-0.4, -0.2) is 49.3 Å². The number of aliphatic hydroxyl groups excluding tert-OH is 1. The van der Waals surface area contributed by atoms with Gasteiger partial charge in [0, 0.05) is 13.1 Å². The molecule has 0 spiro atoms. The van der Waals surface area contributed by atoms with Crippen molar-refractivity contribution in [3.05, 3.63) is 0 Å². The molecule has 1 heterocycles. The van der Waals surface area contributed by atoms with Gasteiger partial charge in [-0.25, -0.2) is 0 Å². The molecular formula is C10H24Cl2N2O. The first-order valence-electron chi connectivity index (χ1n) is 5.40. The Bertz CT molecular complexity index is 130. The number of hydrogen-bond acceptors (Lipinski definition) is 3. The highest BCUT2D eigenvalue weighted by atomic mass is 35.5. The summed E-state index contributed by atoms with van der Waals surface area (Å²) < 4.78 is 0. The van der Waals surface area contributed by atoms with E-state index in [0.29, 0.717) is 0 Å². The molecule has 1 unspecified atom stereocenters. The zero-order valence-corrected chi connectivity index (χ0v) is 11.1. The van der Waals surface area contributed by atoms with Crippen LogP contribution in [0.25, 0.3) is 0 Å².